The van der Waals surface area contributed by atoms with Crippen molar-refractivity contribution in [3.05, 3.63) is 87.0 Å². The van der Waals surface area contributed by atoms with Crippen molar-refractivity contribution in [1.82, 2.24) is 14.9 Å². The van der Waals surface area contributed by atoms with Crippen LogP contribution < -0.4 is 15.8 Å². The fourth-order valence-electron chi connectivity index (χ4n) is 3.21. The number of likely N-dealkylation sites (N-methyl/N-ethyl adjacent to an activating group) is 1. The van der Waals surface area contributed by atoms with Crippen LogP contribution in [-0.4, -0.2) is 54.0 Å². The van der Waals surface area contributed by atoms with Crippen LogP contribution in [0.1, 0.15) is 29.8 Å². The lowest BCUT2D eigenvalue weighted by atomic mass is 10.1. The van der Waals surface area contributed by atoms with Crippen LogP contribution in [0.2, 0.25) is 0 Å². The summed E-state index contributed by atoms with van der Waals surface area (Å²) in [7, 11) is 2.13. The third kappa shape index (κ3) is 8.14. The van der Waals surface area contributed by atoms with Gasteiger partial charge < -0.3 is 20.1 Å². The minimum Gasteiger partial charge on any atom is -0.369 e. The minimum absolute atomic E-state index is 0.153. The van der Waals surface area contributed by atoms with Gasteiger partial charge >= 0.3 is 0 Å². The first-order valence-electron chi connectivity index (χ1n) is 11.0. The first kappa shape index (κ1) is 26.3. The number of aromatic amines is 1. The van der Waals surface area contributed by atoms with Gasteiger partial charge in [-0.3, -0.25) is 14.6 Å². The summed E-state index contributed by atoms with van der Waals surface area (Å²) in [4.78, 5) is 35.2. The number of piperazine rings is 1. The number of aryl methyl sites for hydroxylation is 1. The first-order valence-corrected chi connectivity index (χ1v) is 11.8. The lowest BCUT2D eigenvalue weighted by Crippen LogP contribution is -2.44. The second-order valence-electron chi connectivity index (χ2n) is 7.33. The summed E-state index contributed by atoms with van der Waals surface area (Å²) in [6.45, 7) is 9.85. The molecule has 33 heavy (non-hydrogen) atoms. The molecule has 4 rings (SSSR count). The molecule has 2 N–H and O–H groups in total. The summed E-state index contributed by atoms with van der Waals surface area (Å²) in [5.41, 5.74) is 2.27. The number of amides is 1. The average Bonchev–Trinajstić information content (AvgIpc) is 2.82. The van der Waals surface area contributed by atoms with Crippen LogP contribution in [0.25, 0.3) is 0 Å². The maximum atomic E-state index is 12.3. The molecule has 0 radical (unpaired) electrons. The van der Waals surface area contributed by atoms with E-state index in [1.54, 1.807) is 31.6 Å². The molecule has 2 aromatic heterocycles. The molecule has 176 valence electrons. The summed E-state index contributed by atoms with van der Waals surface area (Å²) in [5.74, 6) is -0.387. The molecule has 0 bridgehead atoms. The van der Waals surface area contributed by atoms with Crippen molar-refractivity contribution in [1.29, 1.82) is 0 Å². The predicted octanol–water partition coefficient (Wildman–Crippen LogP) is 4.56. The van der Waals surface area contributed by atoms with Crippen molar-refractivity contribution in [3.8, 4) is 0 Å². The Hall–Kier alpha value is -2.97. The number of halogens is 1. The molecule has 0 unspecified atom stereocenters. The van der Waals surface area contributed by atoms with Gasteiger partial charge in [0.1, 0.15) is 5.56 Å². The number of hydrogen-bond acceptors (Lipinski definition) is 5. The van der Waals surface area contributed by atoms with Crippen LogP contribution in [0.5, 0.6) is 0 Å². The molecule has 1 amide bonds. The molecule has 1 saturated heterocycles. The molecule has 1 fully saturated rings. The highest BCUT2D eigenvalue weighted by Gasteiger charge is 2.16. The number of pyridine rings is 2. The van der Waals surface area contributed by atoms with Crippen molar-refractivity contribution >= 4 is 33.2 Å². The molecule has 3 heterocycles. The fraction of sp³-hybridized carbons (Fsp3) is 0.320. The zero-order chi connectivity index (χ0) is 24.2. The Kier molecular flexibility index (Phi) is 10.8. The van der Waals surface area contributed by atoms with E-state index in [9.17, 15) is 9.59 Å². The molecule has 1 aromatic carbocycles. The molecule has 3 aromatic rings. The summed E-state index contributed by atoms with van der Waals surface area (Å²) < 4.78 is 1.02. The topological polar surface area (TPSA) is 81.3 Å². The van der Waals surface area contributed by atoms with Gasteiger partial charge in [-0.25, -0.2) is 0 Å². The number of carbonyl (C=O) groups is 1. The predicted molar refractivity (Wildman–Crippen MR) is 139 cm³/mol. The summed E-state index contributed by atoms with van der Waals surface area (Å²) in [6, 6.07) is 13.3. The van der Waals surface area contributed by atoms with E-state index in [0.717, 1.165) is 36.3 Å². The van der Waals surface area contributed by atoms with Crippen molar-refractivity contribution < 1.29 is 4.79 Å². The molecular formula is C25H32BrN5O2. The van der Waals surface area contributed by atoms with Gasteiger partial charge in [-0.1, -0.05) is 13.8 Å². The van der Waals surface area contributed by atoms with Gasteiger partial charge in [0.15, 0.2) is 0 Å². The standard InChI is InChI=1S/C18H22N4O2.C5H4BrN.C2H6/c1-13-7-8-19-17(23)16(13)18(24)20-14-3-5-15(6-4-14)22-11-9-21(2)10-12-22;6-5-2-1-3-7-4-5;1-2/h3-8H,9-12H2,1-2H3,(H,19,23)(H,20,24);1-4H;1-2H3. The van der Waals surface area contributed by atoms with E-state index in [-0.39, 0.29) is 17.0 Å². The molecule has 0 saturated carbocycles. The largest absolute Gasteiger partial charge is 0.369 e. The van der Waals surface area contributed by atoms with Crippen LogP contribution in [-0.2, 0) is 0 Å². The van der Waals surface area contributed by atoms with Crippen molar-refractivity contribution in [2.75, 3.05) is 43.4 Å². The lowest BCUT2D eigenvalue weighted by molar-refractivity contribution is 0.102. The number of nitrogens with one attached hydrogen (secondary N) is 2. The number of aromatic nitrogens is 2. The van der Waals surface area contributed by atoms with Crippen molar-refractivity contribution in [2.45, 2.75) is 20.8 Å². The molecule has 0 aliphatic carbocycles. The van der Waals surface area contributed by atoms with E-state index in [4.69, 9.17) is 0 Å². The maximum absolute atomic E-state index is 12.3. The molecule has 1 aliphatic rings. The third-order valence-electron chi connectivity index (χ3n) is 5.02. The highest BCUT2D eigenvalue weighted by molar-refractivity contribution is 9.10. The third-order valence-corrected chi connectivity index (χ3v) is 5.48. The number of nitrogens with zero attached hydrogens (tertiary/aromatic N) is 3. The summed E-state index contributed by atoms with van der Waals surface area (Å²) in [6.07, 6.45) is 5.03. The Morgan fingerprint density at radius 2 is 1.73 bits per heavy atom. The molecule has 8 heteroatoms. The molecule has 0 atom stereocenters. The zero-order valence-electron chi connectivity index (χ0n) is 19.6. The Morgan fingerprint density at radius 3 is 2.24 bits per heavy atom. The number of H-pyrrole nitrogens is 1. The van der Waals surface area contributed by atoms with Crippen LogP contribution in [0.4, 0.5) is 11.4 Å². The number of benzene rings is 1. The summed E-state index contributed by atoms with van der Waals surface area (Å²) in [5, 5.41) is 2.79. The molecule has 7 nitrogen and oxygen atoms in total. The number of anilines is 2. The molecular weight excluding hydrogens is 482 g/mol. The van der Waals surface area contributed by atoms with E-state index in [2.05, 4.69) is 48.1 Å². The SMILES string of the molecule is Brc1cccnc1.CC.Cc1cc[nH]c(=O)c1C(=O)Nc1ccc(N2CCN(C)CC2)cc1. The fourth-order valence-corrected chi connectivity index (χ4v) is 3.49. The average molecular weight is 514 g/mol. The summed E-state index contributed by atoms with van der Waals surface area (Å²) >= 11 is 3.25. The van der Waals surface area contributed by atoms with E-state index in [0.29, 0.717) is 11.3 Å². The van der Waals surface area contributed by atoms with Gasteiger partial charge in [0.25, 0.3) is 11.5 Å². The highest BCUT2D eigenvalue weighted by Crippen LogP contribution is 2.19. The zero-order valence-corrected chi connectivity index (χ0v) is 21.2. The number of carbonyl (C=O) groups excluding carboxylic acids is 1. The molecule has 1 aliphatic heterocycles. The second-order valence-corrected chi connectivity index (χ2v) is 8.24. The van der Waals surface area contributed by atoms with Crippen molar-refractivity contribution in [3.63, 3.8) is 0 Å². The number of rotatable bonds is 3. The Balaban J connectivity index is 0.000000362. The molecule has 0 spiro atoms. The normalized spacial score (nSPS) is 13.2. The van der Waals surface area contributed by atoms with Gasteiger partial charge in [0.05, 0.1) is 0 Å². The van der Waals surface area contributed by atoms with E-state index >= 15 is 0 Å². The van der Waals surface area contributed by atoms with Gasteiger partial charge in [0.2, 0.25) is 0 Å². The van der Waals surface area contributed by atoms with Gasteiger partial charge in [-0.2, -0.15) is 0 Å². The Bertz CT molecular complexity index is 1050. The van der Waals surface area contributed by atoms with E-state index < -0.39 is 0 Å². The van der Waals surface area contributed by atoms with Gasteiger partial charge in [-0.15, -0.1) is 0 Å². The quantitative estimate of drug-likeness (QED) is 0.536. The monoisotopic (exact) mass is 513 g/mol. The Morgan fingerprint density at radius 1 is 1.06 bits per heavy atom. The van der Waals surface area contributed by atoms with Crippen molar-refractivity contribution in [2.24, 2.45) is 0 Å². The van der Waals surface area contributed by atoms with Gasteiger partial charge in [0, 0.05) is 60.6 Å². The van der Waals surface area contributed by atoms with Crippen LogP contribution in [0.3, 0.4) is 0 Å². The maximum Gasteiger partial charge on any atom is 0.261 e. The van der Waals surface area contributed by atoms with Gasteiger partial charge in [-0.05, 0) is 77.9 Å². The minimum atomic E-state index is -0.387. The van der Waals surface area contributed by atoms with Crippen LogP contribution in [0, 0.1) is 6.92 Å². The first-order chi connectivity index (χ1) is 15.9. The van der Waals surface area contributed by atoms with E-state index in [1.807, 2.05) is 50.2 Å². The smallest absolute Gasteiger partial charge is 0.261 e. The lowest BCUT2D eigenvalue weighted by Gasteiger charge is -2.34. The Labute approximate surface area is 204 Å². The van der Waals surface area contributed by atoms with E-state index in [1.165, 1.54) is 0 Å². The van der Waals surface area contributed by atoms with Crippen LogP contribution >= 0.6 is 15.9 Å². The highest BCUT2D eigenvalue weighted by atomic mass is 79.9. The second kappa shape index (κ2) is 13.5. The van der Waals surface area contributed by atoms with Crippen LogP contribution in [0.15, 0.2) is 70.3 Å². The number of hydrogen-bond donors (Lipinski definition) is 2.